The van der Waals surface area contributed by atoms with E-state index in [4.69, 9.17) is 19.4 Å². The Morgan fingerprint density at radius 3 is 1.25 bits per heavy atom. The third-order valence-electron chi connectivity index (χ3n) is 12.4. The molecule has 0 bridgehead atoms. The second-order valence-corrected chi connectivity index (χ2v) is 19.5. The van der Waals surface area contributed by atoms with Crippen molar-refractivity contribution in [3.63, 3.8) is 0 Å². The van der Waals surface area contributed by atoms with Gasteiger partial charge in [0.2, 0.25) is 11.8 Å². The molecule has 340 valence electrons. The van der Waals surface area contributed by atoms with Crippen molar-refractivity contribution in [3.8, 4) is 32.6 Å². The normalized spacial score (nSPS) is 15.1. The van der Waals surface area contributed by atoms with Gasteiger partial charge in [-0.15, -0.1) is 22.7 Å². The van der Waals surface area contributed by atoms with Crippen molar-refractivity contribution in [2.75, 3.05) is 13.2 Å². The fraction of sp³-hybridized carbons (Fsp3) is 0.481. The molecule has 1 aliphatic carbocycles. The molecule has 1 saturated carbocycles. The lowest BCUT2D eigenvalue weighted by Gasteiger charge is -2.33. The lowest BCUT2D eigenvalue weighted by atomic mass is 9.90. The molecule has 1 fully saturated rings. The summed E-state index contributed by atoms with van der Waals surface area (Å²) >= 11 is 3.42. The molecule has 6 aromatic rings. The molecule has 2 heterocycles. The summed E-state index contributed by atoms with van der Waals surface area (Å²) in [5.74, 6) is 2.09. The molecular formula is C54H68N4O4S2. The summed E-state index contributed by atoms with van der Waals surface area (Å²) < 4.78 is 14.8. The summed E-state index contributed by atoms with van der Waals surface area (Å²) in [4.78, 5) is 35.4. The zero-order valence-corrected chi connectivity index (χ0v) is 39.3. The van der Waals surface area contributed by atoms with E-state index in [0.29, 0.717) is 26.1 Å². The smallest absolute Gasteiger partial charge is 0.220 e. The van der Waals surface area contributed by atoms with Gasteiger partial charge in [0, 0.05) is 24.9 Å². The fourth-order valence-electron chi connectivity index (χ4n) is 8.81. The minimum absolute atomic E-state index is 0.0499. The molecule has 0 radical (unpaired) electrons. The van der Waals surface area contributed by atoms with Crippen LogP contribution in [0.3, 0.4) is 0 Å². The molecule has 8 nitrogen and oxygen atoms in total. The summed E-state index contributed by atoms with van der Waals surface area (Å²) in [6.45, 7) is 1.43. The van der Waals surface area contributed by atoms with Gasteiger partial charge in [0.15, 0.2) is 0 Å². The van der Waals surface area contributed by atoms with E-state index < -0.39 is 0 Å². The molecule has 4 aromatic carbocycles. The van der Waals surface area contributed by atoms with Gasteiger partial charge in [0.05, 0.1) is 44.8 Å². The maximum atomic E-state index is 12.9. The first kappa shape index (κ1) is 47.2. The van der Waals surface area contributed by atoms with Gasteiger partial charge < -0.3 is 20.1 Å². The quantitative estimate of drug-likeness (QED) is 0.0476. The van der Waals surface area contributed by atoms with Crippen LogP contribution in [0.15, 0.2) is 97.1 Å². The van der Waals surface area contributed by atoms with Crippen LogP contribution in [0.4, 0.5) is 0 Å². The van der Waals surface area contributed by atoms with E-state index in [1.807, 2.05) is 48.5 Å². The number of carbonyl (C=O) groups excluding carboxylic acids is 2. The Balaban J connectivity index is 0.660. The lowest BCUT2D eigenvalue weighted by molar-refractivity contribution is -0.125. The van der Waals surface area contributed by atoms with E-state index in [0.717, 1.165) is 121 Å². The molecule has 2 N–H and O–H groups in total. The van der Waals surface area contributed by atoms with E-state index in [-0.39, 0.29) is 23.9 Å². The van der Waals surface area contributed by atoms with Crippen molar-refractivity contribution in [1.82, 2.24) is 20.6 Å². The zero-order valence-electron chi connectivity index (χ0n) is 37.7. The minimum atomic E-state index is 0.0499. The predicted octanol–water partition coefficient (Wildman–Crippen LogP) is 14.3. The number of rotatable bonds is 28. The van der Waals surface area contributed by atoms with E-state index in [9.17, 15) is 9.59 Å². The highest BCUT2D eigenvalue weighted by Crippen LogP contribution is 2.37. The Hall–Kier alpha value is -4.80. The summed E-state index contributed by atoms with van der Waals surface area (Å²) in [5.41, 5.74) is 4.20. The Kier molecular flexibility index (Phi) is 19.3. The SMILES string of the molecule is O=C(CCCCCCCCCCOc1ccccc1-c1nc2ccccc2s1)N[C@@H]1CCCC[C@H]1NC(=O)CCCCCCCCCCOc1ccccc1-c1nc2ccccc2s1. The highest BCUT2D eigenvalue weighted by molar-refractivity contribution is 7.22. The highest BCUT2D eigenvalue weighted by Gasteiger charge is 2.27. The number of aromatic nitrogens is 2. The average Bonchev–Trinajstić information content (AvgIpc) is 3.96. The largest absolute Gasteiger partial charge is 0.493 e. The molecule has 2 amide bonds. The van der Waals surface area contributed by atoms with Crippen LogP contribution in [0.2, 0.25) is 0 Å². The van der Waals surface area contributed by atoms with Gasteiger partial charge in [-0.2, -0.15) is 0 Å². The summed E-state index contributed by atoms with van der Waals surface area (Å²) in [6, 6.07) is 33.1. The number of hydrogen-bond acceptors (Lipinski definition) is 8. The van der Waals surface area contributed by atoms with Crippen LogP contribution in [-0.2, 0) is 9.59 Å². The average molecular weight is 901 g/mol. The highest BCUT2D eigenvalue weighted by atomic mass is 32.1. The van der Waals surface area contributed by atoms with Crippen LogP contribution in [0.1, 0.15) is 141 Å². The molecule has 0 unspecified atom stereocenters. The molecule has 2 atom stereocenters. The van der Waals surface area contributed by atoms with Crippen molar-refractivity contribution < 1.29 is 19.1 Å². The number of benzene rings is 4. The van der Waals surface area contributed by atoms with Crippen LogP contribution in [-0.4, -0.2) is 47.1 Å². The zero-order chi connectivity index (χ0) is 44.0. The topological polar surface area (TPSA) is 102 Å². The minimum Gasteiger partial charge on any atom is -0.493 e. The number of carbonyl (C=O) groups is 2. The number of nitrogens with one attached hydrogen (secondary N) is 2. The Morgan fingerprint density at radius 1 is 0.469 bits per heavy atom. The maximum Gasteiger partial charge on any atom is 0.220 e. The number of ether oxygens (including phenoxy) is 2. The summed E-state index contributed by atoms with van der Waals surface area (Å²) in [5, 5.41) is 8.59. The van der Waals surface area contributed by atoms with Crippen molar-refractivity contribution in [3.05, 3.63) is 97.1 Å². The van der Waals surface area contributed by atoms with Gasteiger partial charge in [-0.05, 0) is 87.1 Å². The van der Waals surface area contributed by atoms with Crippen molar-refractivity contribution in [1.29, 1.82) is 0 Å². The van der Waals surface area contributed by atoms with E-state index in [2.05, 4.69) is 59.2 Å². The third kappa shape index (κ3) is 14.9. The molecule has 2 aromatic heterocycles. The first-order chi connectivity index (χ1) is 31.6. The van der Waals surface area contributed by atoms with Gasteiger partial charge in [-0.25, -0.2) is 9.97 Å². The Bertz CT molecular complexity index is 2100. The summed E-state index contributed by atoms with van der Waals surface area (Å²) in [7, 11) is 0. The van der Waals surface area contributed by atoms with Gasteiger partial charge in [-0.3, -0.25) is 9.59 Å². The van der Waals surface area contributed by atoms with Gasteiger partial charge in [-0.1, -0.05) is 138 Å². The maximum absolute atomic E-state index is 12.9. The Morgan fingerprint density at radius 2 is 0.828 bits per heavy atom. The number of hydrogen-bond donors (Lipinski definition) is 2. The standard InChI is InChI=1S/C54H68N4O4S2/c59-51(37-13-9-5-1-3-7-11-25-39-61-47-33-21-15-27-41(47)53-57-45-31-19-23-35-49(45)63-53)55-43-29-17-18-30-44(43)56-52(60)38-14-10-6-2-4-8-12-26-40-62-48-34-22-16-28-42(48)54-58-46-32-20-24-36-50(46)64-54/h15-16,19-24,27-28,31-36,43-44H,1-14,17-18,25-26,29-30,37-40H2,(H,55,59)(H,56,60)/t43-,44-/m1/s1. The monoisotopic (exact) mass is 900 g/mol. The number of thiazole rings is 2. The van der Waals surface area contributed by atoms with Crippen molar-refractivity contribution in [2.24, 2.45) is 0 Å². The van der Waals surface area contributed by atoms with Crippen molar-refractivity contribution >= 4 is 54.9 Å². The van der Waals surface area contributed by atoms with E-state index in [1.165, 1.54) is 60.8 Å². The van der Waals surface area contributed by atoms with E-state index in [1.54, 1.807) is 22.7 Å². The lowest BCUT2D eigenvalue weighted by Crippen LogP contribution is -2.53. The first-order valence-corrected chi connectivity index (χ1v) is 26.0. The van der Waals surface area contributed by atoms with Crippen LogP contribution >= 0.6 is 22.7 Å². The molecular weight excluding hydrogens is 833 g/mol. The second-order valence-electron chi connectivity index (χ2n) is 17.5. The van der Waals surface area contributed by atoms with Gasteiger partial charge in [0.25, 0.3) is 0 Å². The van der Waals surface area contributed by atoms with Gasteiger partial charge in [0.1, 0.15) is 21.5 Å². The van der Waals surface area contributed by atoms with Gasteiger partial charge >= 0.3 is 0 Å². The third-order valence-corrected chi connectivity index (χ3v) is 14.5. The number of unbranched alkanes of at least 4 members (excludes halogenated alkanes) is 14. The van der Waals surface area contributed by atoms with E-state index >= 15 is 0 Å². The van der Waals surface area contributed by atoms with Crippen LogP contribution in [0.5, 0.6) is 11.5 Å². The number of nitrogens with zero attached hydrogens (tertiary/aromatic N) is 2. The fourth-order valence-corrected chi connectivity index (χ4v) is 10.8. The molecule has 0 spiro atoms. The van der Waals surface area contributed by atoms with Crippen LogP contribution in [0.25, 0.3) is 41.6 Å². The second kappa shape index (κ2) is 26.2. The van der Waals surface area contributed by atoms with Crippen LogP contribution < -0.4 is 20.1 Å². The molecule has 64 heavy (non-hydrogen) atoms. The Labute approximate surface area is 389 Å². The molecule has 0 saturated heterocycles. The molecule has 10 heteroatoms. The summed E-state index contributed by atoms with van der Waals surface area (Å²) in [6.07, 6.45) is 23.3. The van der Waals surface area contributed by atoms with Crippen LogP contribution in [0, 0.1) is 0 Å². The number of para-hydroxylation sites is 4. The first-order valence-electron chi connectivity index (χ1n) is 24.3. The molecule has 7 rings (SSSR count). The number of fused-ring (bicyclic) bond motifs is 2. The molecule has 1 aliphatic rings. The molecule has 0 aliphatic heterocycles. The number of amides is 2. The predicted molar refractivity (Wildman–Crippen MR) is 267 cm³/mol. The van der Waals surface area contributed by atoms with Crippen molar-refractivity contribution in [2.45, 2.75) is 153 Å².